The summed E-state index contributed by atoms with van der Waals surface area (Å²) in [6, 6.07) is 0.399. The van der Waals surface area contributed by atoms with E-state index in [1.165, 1.54) is 0 Å². The molecule has 0 aromatic carbocycles. The Morgan fingerprint density at radius 1 is 1.50 bits per heavy atom. The minimum absolute atomic E-state index is 0.175. The second-order valence-electron chi connectivity index (χ2n) is 6.01. The van der Waals surface area contributed by atoms with Gasteiger partial charge in [-0.1, -0.05) is 12.8 Å². The maximum atomic E-state index is 11.3. The average Bonchev–Trinajstić information content (AvgIpc) is 2.87. The summed E-state index contributed by atoms with van der Waals surface area (Å²) in [4.78, 5) is 15.4. The first kappa shape index (κ1) is 15.0. The second-order valence-corrected chi connectivity index (χ2v) is 6.01. The number of aliphatic carboxylic acids is 1. The number of hydrogen-bond donors (Lipinski definition) is 2. The normalized spacial score (nSPS) is 23.1. The minimum atomic E-state index is -0.635. The average molecular weight is 279 g/mol. The molecule has 2 rings (SSSR count). The van der Waals surface area contributed by atoms with Crippen molar-refractivity contribution in [3.63, 3.8) is 0 Å². The first-order chi connectivity index (χ1) is 9.59. The monoisotopic (exact) mass is 279 g/mol. The van der Waals surface area contributed by atoms with E-state index in [0.717, 1.165) is 44.5 Å². The van der Waals surface area contributed by atoms with Crippen molar-refractivity contribution in [2.45, 2.75) is 52.1 Å². The number of hydrogen-bond acceptors (Lipinski definition) is 3. The molecule has 2 atom stereocenters. The number of carboxylic acids is 1. The fourth-order valence-corrected chi connectivity index (χ4v) is 3.10. The van der Waals surface area contributed by atoms with Crippen LogP contribution >= 0.6 is 0 Å². The summed E-state index contributed by atoms with van der Waals surface area (Å²) in [5.74, 6) is -0.549. The summed E-state index contributed by atoms with van der Waals surface area (Å²) < 4.78 is 2.14. The summed E-state index contributed by atoms with van der Waals surface area (Å²) in [7, 11) is 0. The van der Waals surface area contributed by atoms with E-state index in [1.54, 1.807) is 0 Å². The molecule has 0 aliphatic heterocycles. The summed E-state index contributed by atoms with van der Waals surface area (Å²) in [5, 5.41) is 12.7. The quantitative estimate of drug-likeness (QED) is 0.839. The maximum Gasteiger partial charge on any atom is 0.306 e. The van der Waals surface area contributed by atoms with Gasteiger partial charge in [0.2, 0.25) is 0 Å². The number of aromatic nitrogens is 2. The van der Waals surface area contributed by atoms with Gasteiger partial charge < -0.3 is 15.0 Å². The molecule has 0 bridgehead atoms. The van der Waals surface area contributed by atoms with Crippen LogP contribution in [0.2, 0.25) is 0 Å². The molecule has 1 heterocycles. The molecule has 0 amide bonds. The Bertz CT molecular complexity index is 442. The molecule has 2 N–H and O–H groups in total. The van der Waals surface area contributed by atoms with Crippen molar-refractivity contribution in [3.8, 4) is 0 Å². The van der Waals surface area contributed by atoms with Crippen LogP contribution < -0.4 is 5.32 Å². The number of rotatable bonds is 6. The maximum absolute atomic E-state index is 11.3. The molecule has 2 unspecified atom stereocenters. The number of nitrogens with one attached hydrogen (secondary N) is 1. The lowest BCUT2D eigenvalue weighted by molar-refractivity contribution is -0.144. The fraction of sp³-hybridized carbons (Fsp3) is 0.733. The van der Waals surface area contributed by atoms with Gasteiger partial charge in [0.15, 0.2) is 0 Å². The van der Waals surface area contributed by atoms with E-state index in [1.807, 2.05) is 12.5 Å². The SMILES string of the molecule is CC(C)n1cncc1CNCC1CCCCC1C(=O)O. The Morgan fingerprint density at radius 2 is 2.25 bits per heavy atom. The highest BCUT2D eigenvalue weighted by Gasteiger charge is 2.30. The third-order valence-electron chi connectivity index (χ3n) is 4.24. The summed E-state index contributed by atoms with van der Waals surface area (Å²) >= 11 is 0. The minimum Gasteiger partial charge on any atom is -0.481 e. The van der Waals surface area contributed by atoms with E-state index in [9.17, 15) is 9.90 Å². The molecule has 5 heteroatoms. The fourth-order valence-electron chi connectivity index (χ4n) is 3.10. The van der Waals surface area contributed by atoms with Crippen molar-refractivity contribution in [1.29, 1.82) is 0 Å². The third kappa shape index (κ3) is 3.60. The first-order valence-electron chi connectivity index (χ1n) is 7.53. The molecule has 1 aromatic rings. The van der Waals surface area contributed by atoms with E-state index in [0.29, 0.717) is 6.04 Å². The van der Waals surface area contributed by atoms with Gasteiger partial charge in [0.1, 0.15) is 0 Å². The number of imidazole rings is 1. The molecule has 20 heavy (non-hydrogen) atoms. The first-order valence-corrected chi connectivity index (χ1v) is 7.53. The Labute approximate surface area is 120 Å². The molecule has 0 saturated heterocycles. The van der Waals surface area contributed by atoms with Gasteiger partial charge in [0.05, 0.1) is 17.9 Å². The number of nitrogens with zero attached hydrogens (tertiary/aromatic N) is 2. The second kappa shape index (κ2) is 6.88. The van der Waals surface area contributed by atoms with Crippen molar-refractivity contribution in [2.75, 3.05) is 6.54 Å². The molecule has 1 aromatic heterocycles. The molecule has 0 spiro atoms. The van der Waals surface area contributed by atoms with Gasteiger partial charge in [0.25, 0.3) is 0 Å². The summed E-state index contributed by atoms with van der Waals surface area (Å²) in [6.07, 6.45) is 7.78. The summed E-state index contributed by atoms with van der Waals surface area (Å²) in [6.45, 7) is 5.79. The third-order valence-corrected chi connectivity index (χ3v) is 4.24. The number of carboxylic acid groups (broad SMARTS) is 1. The van der Waals surface area contributed by atoms with Crippen LogP contribution in [0, 0.1) is 11.8 Å². The molecule has 1 aliphatic rings. The van der Waals surface area contributed by atoms with Gasteiger partial charge in [-0.3, -0.25) is 4.79 Å². The van der Waals surface area contributed by atoms with E-state index in [4.69, 9.17) is 0 Å². The van der Waals surface area contributed by atoms with Crippen LogP contribution in [-0.4, -0.2) is 27.2 Å². The lowest BCUT2D eigenvalue weighted by Gasteiger charge is -2.28. The van der Waals surface area contributed by atoms with E-state index < -0.39 is 5.97 Å². The zero-order valence-corrected chi connectivity index (χ0v) is 12.4. The van der Waals surface area contributed by atoms with Crippen LogP contribution in [-0.2, 0) is 11.3 Å². The van der Waals surface area contributed by atoms with Crippen LogP contribution in [0.25, 0.3) is 0 Å². The lowest BCUT2D eigenvalue weighted by atomic mass is 9.79. The Morgan fingerprint density at radius 3 is 2.95 bits per heavy atom. The van der Waals surface area contributed by atoms with Gasteiger partial charge in [-0.15, -0.1) is 0 Å². The summed E-state index contributed by atoms with van der Waals surface area (Å²) in [5.41, 5.74) is 1.16. The van der Waals surface area contributed by atoms with Gasteiger partial charge in [0, 0.05) is 18.8 Å². The highest BCUT2D eigenvalue weighted by molar-refractivity contribution is 5.70. The van der Waals surface area contributed by atoms with Crippen LogP contribution in [0.4, 0.5) is 0 Å². The standard InChI is InChI=1S/C15H25N3O2/c1-11(2)18-10-17-9-13(18)8-16-7-12-5-3-4-6-14(12)15(19)20/h9-12,14,16H,3-8H2,1-2H3,(H,19,20). The van der Waals surface area contributed by atoms with E-state index in [-0.39, 0.29) is 11.8 Å². The van der Waals surface area contributed by atoms with Crippen LogP contribution in [0.15, 0.2) is 12.5 Å². The highest BCUT2D eigenvalue weighted by atomic mass is 16.4. The van der Waals surface area contributed by atoms with Crippen LogP contribution in [0.3, 0.4) is 0 Å². The molecular weight excluding hydrogens is 254 g/mol. The smallest absolute Gasteiger partial charge is 0.306 e. The molecule has 1 fully saturated rings. The topological polar surface area (TPSA) is 67.2 Å². The molecule has 0 radical (unpaired) electrons. The number of carbonyl (C=O) groups is 1. The van der Waals surface area contributed by atoms with Crippen molar-refractivity contribution in [2.24, 2.45) is 11.8 Å². The zero-order chi connectivity index (χ0) is 14.5. The van der Waals surface area contributed by atoms with Crippen molar-refractivity contribution in [3.05, 3.63) is 18.2 Å². The highest BCUT2D eigenvalue weighted by Crippen LogP contribution is 2.29. The lowest BCUT2D eigenvalue weighted by Crippen LogP contribution is -2.34. The van der Waals surface area contributed by atoms with Gasteiger partial charge >= 0.3 is 5.97 Å². The van der Waals surface area contributed by atoms with E-state index in [2.05, 4.69) is 28.7 Å². The molecule has 1 saturated carbocycles. The van der Waals surface area contributed by atoms with Crippen LogP contribution in [0.1, 0.15) is 51.3 Å². The van der Waals surface area contributed by atoms with Gasteiger partial charge in [-0.2, -0.15) is 0 Å². The zero-order valence-electron chi connectivity index (χ0n) is 12.4. The molecule has 1 aliphatic carbocycles. The van der Waals surface area contributed by atoms with E-state index >= 15 is 0 Å². The van der Waals surface area contributed by atoms with Crippen molar-refractivity contribution >= 4 is 5.97 Å². The molecule has 112 valence electrons. The molecule has 5 nitrogen and oxygen atoms in total. The van der Waals surface area contributed by atoms with Crippen molar-refractivity contribution < 1.29 is 9.90 Å². The molecular formula is C15H25N3O2. The van der Waals surface area contributed by atoms with Gasteiger partial charge in [-0.25, -0.2) is 4.98 Å². The van der Waals surface area contributed by atoms with Crippen molar-refractivity contribution in [1.82, 2.24) is 14.9 Å². The van der Waals surface area contributed by atoms with Gasteiger partial charge in [-0.05, 0) is 39.2 Å². The van der Waals surface area contributed by atoms with Crippen LogP contribution in [0.5, 0.6) is 0 Å². The largest absolute Gasteiger partial charge is 0.481 e. The Hall–Kier alpha value is -1.36. The predicted molar refractivity (Wildman–Crippen MR) is 77.4 cm³/mol. The Balaban J connectivity index is 1.85. The Kier molecular flexibility index (Phi) is 5.17. The predicted octanol–water partition coefficient (Wildman–Crippen LogP) is 2.44.